The number of sulfonamides is 1. The number of nitrogens with one attached hydrogen (secondary N) is 1. The zero-order valence-electron chi connectivity index (χ0n) is 14.6. The van der Waals surface area contributed by atoms with Gasteiger partial charge in [0.2, 0.25) is 0 Å². The van der Waals surface area contributed by atoms with Gasteiger partial charge < -0.3 is 18.9 Å². The molecule has 144 valence electrons. The number of rotatable bonds is 7. The Morgan fingerprint density at radius 2 is 2.04 bits per heavy atom. The summed E-state index contributed by atoms with van der Waals surface area (Å²) in [7, 11) is -0.238. The molecule has 1 fully saturated rings. The molecule has 1 aromatic carbocycles. The molecule has 1 aromatic rings. The molecule has 0 bridgehead atoms. The van der Waals surface area contributed by atoms with Gasteiger partial charge in [0, 0.05) is 6.07 Å². The van der Waals surface area contributed by atoms with Crippen LogP contribution in [0.2, 0.25) is 0 Å². The van der Waals surface area contributed by atoms with Gasteiger partial charge in [-0.3, -0.25) is 14.6 Å². The van der Waals surface area contributed by atoms with E-state index in [2.05, 4.69) is 9.57 Å². The summed E-state index contributed by atoms with van der Waals surface area (Å²) in [5.74, 6) is -0.928. The van der Waals surface area contributed by atoms with Gasteiger partial charge >= 0.3 is 5.97 Å². The molecule has 1 amide bonds. The van der Waals surface area contributed by atoms with E-state index in [-0.39, 0.29) is 30.2 Å². The van der Waals surface area contributed by atoms with Crippen molar-refractivity contribution in [3.05, 3.63) is 18.2 Å². The molecule has 0 radical (unpaired) electrons. The Kier molecular flexibility index (Phi) is 6.40. The maximum atomic E-state index is 12.7. The number of hydrogen-bond acceptors (Lipinski definition) is 8. The molecule has 0 aliphatic carbocycles. The molecule has 1 aliphatic rings. The fraction of sp³-hybridized carbons (Fsp3) is 0.467. The number of ether oxygens (including phenoxy) is 4. The largest absolute Gasteiger partial charge is 0.497 e. The summed E-state index contributed by atoms with van der Waals surface area (Å²) in [6.07, 6.45) is -1.43. The van der Waals surface area contributed by atoms with Gasteiger partial charge in [-0.1, -0.05) is 0 Å². The van der Waals surface area contributed by atoms with Gasteiger partial charge in [-0.25, -0.2) is 8.42 Å². The molecule has 1 N–H and O–H groups in total. The van der Waals surface area contributed by atoms with Crippen LogP contribution in [-0.4, -0.2) is 65.9 Å². The SMILES string of the molecule is COC(=O)C[C@@H]1OCCN(NS(=O)(=O)c2cc(OC)ccc2OC)C1=O. The summed E-state index contributed by atoms with van der Waals surface area (Å²) in [5, 5.41) is 0.894. The van der Waals surface area contributed by atoms with E-state index in [0.29, 0.717) is 5.75 Å². The van der Waals surface area contributed by atoms with Crippen LogP contribution in [0.3, 0.4) is 0 Å². The summed E-state index contributed by atoms with van der Waals surface area (Å²) in [5.41, 5.74) is 0. The minimum absolute atomic E-state index is 0.0119. The number of amides is 1. The quantitative estimate of drug-likeness (QED) is 0.632. The van der Waals surface area contributed by atoms with Crippen molar-refractivity contribution >= 4 is 21.9 Å². The van der Waals surface area contributed by atoms with Crippen molar-refractivity contribution < 1.29 is 37.0 Å². The molecule has 0 saturated carbocycles. The van der Waals surface area contributed by atoms with Gasteiger partial charge in [0.15, 0.2) is 0 Å². The molecule has 11 heteroatoms. The number of hydrazine groups is 1. The summed E-state index contributed by atoms with van der Waals surface area (Å²) >= 11 is 0. The van der Waals surface area contributed by atoms with Crippen LogP contribution in [0.15, 0.2) is 23.1 Å². The highest BCUT2D eigenvalue weighted by Gasteiger charge is 2.35. The smallest absolute Gasteiger partial charge is 0.308 e. The fourth-order valence-corrected chi connectivity index (χ4v) is 3.56. The molecular weight excluding hydrogens is 368 g/mol. The first-order valence-electron chi connectivity index (χ1n) is 7.56. The summed E-state index contributed by atoms with van der Waals surface area (Å²) in [4.78, 5) is 25.7. The lowest BCUT2D eigenvalue weighted by Gasteiger charge is -2.31. The number of morpholine rings is 1. The van der Waals surface area contributed by atoms with Gasteiger partial charge in [0.25, 0.3) is 15.9 Å². The van der Waals surface area contributed by atoms with E-state index in [4.69, 9.17) is 14.2 Å². The van der Waals surface area contributed by atoms with Crippen molar-refractivity contribution in [2.24, 2.45) is 0 Å². The van der Waals surface area contributed by atoms with E-state index in [0.717, 1.165) is 5.01 Å². The molecule has 1 aliphatic heterocycles. The molecule has 10 nitrogen and oxygen atoms in total. The molecular formula is C15H20N2O8S. The Morgan fingerprint density at radius 1 is 1.31 bits per heavy atom. The highest BCUT2D eigenvalue weighted by Crippen LogP contribution is 2.28. The number of nitrogens with zero attached hydrogens (tertiary/aromatic N) is 1. The van der Waals surface area contributed by atoms with Crippen LogP contribution < -0.4 is 14.3 Å². The molecule has 1 heterocycles. The Bertz CT molecular complexity index is 780. The number of esters is 1. The molecule has 2 rings (SSSR count). The Morgan fingerprint density at radius 3 is 2.65 bits per heavy atom. The second-order valence-corrected chi connectivity index (χ2v) is 6.87. The van der Waals surface area contributed by atoms with Crippen molar-refractivity contribution in [3.63, 3.8) is 0 Å². The van der Waals surface area contributed by atoms with Gasteiger partial charge in [0.1, 0.15) is 22.5 Å². The van der Waals surface area contributed by atoms with Crippen molar-refractivity contribution in [1.82, 2.24) is 9.84 Å². The van der Waals surface area contributed by atoms with E-state index >= 15 is 0 Å². The normalized spacial score (nSPS) is 17.7. The van der Waals surface area contributed by atoms with Crippen LogP contribution in [0.25, 0.3) is 0 Å². The second kappa shape index (κ2) is 8.34. The van der Waals surface area contributed by atoms with Crippen LogP contribution in [0, 0.1) is 0 Å². The average Bonchev–Trinajstić information content (AvgIpc) is 2.64. The lowest BCUT2D eigenvalue weighted by Crippen LogP contribution is -2.56. The first-order valence-corrected chi connectivity index (χ1v) is 9.05. The minimum Gasteiger partial charge on any atom is -0.497 e. The van der Waals surface area contributed by atoms with Crippen LogP contribution in [0.1, 0.15) is 6.42 Å². The third kappa shape index (κ3) is 4.42. The number of hydrogen-bond donors (Lipinski definition) is 1. The molecule has 0 spiro atoms. The number of carbonyl (C=O) groups is 2. The highest BCUT2D eigenvalue weighted by molar-refractivity contribution is 7.89. The molecule has 1 saturated heterocycles. The number of benzene rings is 1. The summed E-state index contributed by atoms with van der Waals surface area (Å²) < 4.78 is 45.2. The minimum atomic E-state index is -4.15. The van der Waals surface area contributed by atoms with Crippen molar-refractivity contribution in [1.29, 1.82) is 0 Å². The van der Waals surface area contributed by atoms with Gasteiger partial charge in [0.05, 0.1) is 40.9 Å². The van der Waals surface area contributed by atoms with Crippen molar-refractivity contribution in [2.45, 2.75) is 17.4 Å². The van der Waals surface area contributed by atoms with E-state index in [1.165, 1.54) is 33.5 Å². The third-order valence-electron chi connectivity index (χ3n) is 3.65. The van der Waals surface area contributed by atoms with E-state index in [9.17, 15) is 18.0 Å². The zero-order chi connectivity index (χ0) is 19.3. The first-order chi connectivity index (χ1) is 12.3. The van der Waals surface area contributed by atoms with Crippen LogP contribution in [-0.2, 0) is 29.1 Å². The average molecular weight is 388 g/mol. The fourth-order valence-electron chi connectivity index (χ4n) is 2.30. The lowest BCUT2D eigenvalue weighted by molar-refractivity contribution is -0.162. The standard InChI is InChI=1S/C15H20N2O8S/c1-22-10-4-5-11(23-2)13(8-10)26(20,21)16-17-6-7-25-12(15(17)19)9-14(18)24-3/h4-5,8,12,16H,6-7,9H2,1-3H3/t12-/m0/s1. The van der Waals surface area contributed by atoms with Crippen LogP contribution in [0.5, 0.6) is 11.5 Å². The van der Waals surface area contributed by atoms with Crippen molar-refractivity contribution in [3.8, 4) is 11.5 Å². The van der Waals surface area contributed by atoms with Gasteiger partial charge in [-0.15, -0.1) is 4.83 Å². The molecule has 26 heavy (non-hydrogen) atoms. The number of carbonyl (C=O) groups excluding carboxylic acids is 2. The first kappa shape index (κ1) is 19.9. The summed E-state index contributed by atoms with van der Waals surface area (Å²) in [6.45, 7) is 0.0488. The van der Waals surface area contributed by atoms with Gasteiger partial charge in [-0.05, 0) is 12.1 Å². The van der Waals surface area contributed by atoms with E-state index in [1.54, 1.807) is 6.07 Å². The Balaban J connectivity index is 2.23. The predicted molar refractivity (Wildman–Crippen MR) is 88.0 cm³/mol. The lowest BCUT2D eigenvalue weighted by atomic mass is 10.2. The van der Waals surface area contributed by atoms with Crippen molar-refractivity contribution in [2.75, 3.05) is 34.5 Å². The zero-order valence-corrected chi connectivity index (χ0v) is 15.4. The van der Waals surface area contributed by atoms with Crippen LogP contribution >= 0.6 is 0 Å². The maximum absolute atomic E-state index is 12.7. The Hall–Kier alpha value is -2.37. The van der Waals surface area contributed by atoms with Gasteiger partial charge in [-0.2, -0.15) is 0 Å². The topological polar surface area (TPSA) is 120 Å². The summed E-state index contributed by atoms with van der Waals surface area (Å²) in [6, 6.07) is 4.26. The highest BCUT2D eigenvalue weighted by atomic mass is 32.2. The molecule has 1 atom stereocenters. The predicted octanol–water partition coefficient (Wildman–Crippen LogP) is -0.312. The third-order valence-corrected chi connectivity index (χ3v) is 5.00. The number of methoxy groups -OCH3 is 3. The monoisotopic (exact) mass is 388 g/mol. The van der Waals surface area contributed by atoms with E-state index in [1.807, 2.05) is 0 Å². The van der Waals surface area contributed by atoms with E-state index < -0.39 is 28.0 Å². The maximum Gasteiger partial charge on any atom is 0.308 e. The molecule has 0 unspecified atom stereocenters. The second-order valence-electron chi connectivity index (χ2n) is 5.24. The Labute approximate surface area is 151 Å². The molecule has 0 aromatic heterocycles. The van der Waals surface area contributed by atoms with Crippen LogP contribution in [0.4, 0.5) is 0 Å².